The second kappa shape index (κ2) is 5.61. The summed E-state index contributed by atoms with van der Waals surface area (Å²) >= 11 is 0. The first kappa shape index (κ1) is 9.84. The van der Waals surface area contributed by atoms with Crippen LogP contribution in [0.5, 0.6) is 0 Å². The van der Waals surface area contributed by atoms with E-state index < -0.39 is 0 Å². The third-order valence-corrected chi connectivity index (χ3v) is 1.17. The zero-order valence-corrected chi connectivity index (χ0v) is 7.09. The van der Waals surface area contributed by atoms with E-state index in [1.807, 2.05) is 24.3 Å². The molecule has 0 saturated carbocycles. The van der Waals surface area contributed by atoms with Crippen molar-refractivity contribution in [2.45, 2.75) is 6.42 Å². The van der Waals surface area contributed by atoms with Gasteiger partial charge in [-0.1, -0.05) is 6.42 Å². The van der Waals surface area contributed by atoms with Gasteiger partial charge in [0.15, 0.2) is 0 Å². The van der Waals surface area contributed by atoms with Crippen LogP contribution < -0.4 is 0 Å². The topological polar surface area (TPSA) is 23.8 Å². The van der Waals surface area contributed by atoms with Crippen LogP contribution in [0.25, 0.3) is 5.73 Å². The molecule has 1 N–H and O–H groups in total. The van der Waals surface area contributed by atoms with Crippen LogP contribution in [0.4, 0.5) is 0 Å². The number of hydrogen-bond acceptors (Lipinski definition) is 0. The molecule has 0 aliphatic carbocycles. The van der Waals surface area contributed by atoms with E-state index in [4.69, 9.17) is 5.73 Å². The van der Waals surface area contributed by atoms with Gasteiger partial charge in [-0.15, -0.1) is 6.54 Å². The van der Waals surface area contributed by atoms with Crippen LogP contribution in [-0.4, -0.2) is 6.54 Å². The van der Waals surface area contributed by atoms with Crippen molar-refractivity contribution in [2.75, 3.05) is 6.54 Å². The average molecular weight is 226 g/mol. The Kier molecular flexibility index (Phi) is 5.53. The molecule has 0 unspecified atom stereocenters. The standard InChI is InChI=1S/C8H9N.Pd/c9-7-6-8-4-2-1-3-5-8;/h1-4,9H,6-7H2;/q-2;+2. The summed E-state index contributed by atoms with van der Waals surface area (Å²) in [6.07, 6.45) is 0.820. The Bertz CT molecular complexity index is 162. The van der Waals surface area contributed by atoms with Crippen LogP contribution in [0.1, 0.15) is 5.56 Å². The van der Waals surface area contributed by atoms with Gasteiger partial charge in [0.25, 0.3) is 0 Å². The summed E-state index contributed by atoms with van der Waals surface area (Å²) in [4.78, 5) is 0. The van der Waals surface area contributed by atoms with Crippen LogP contribution >= 0.6 is 0 Å². The van der Waals surface area contributed by atoms with E-state index in [0.29, 0.717) is 6.54 Å². The van der Waals surface area contributed by atoms with E-state index in [1.54, 1.807) is 0 Å². The van der Waals surface area contributed by atoms with E-state index in [-0.39, 0.29) is 20.4 Å². The normalized spacial score (nSPS) is 8.50. The summed E-state index contributed by atoms with van der Waals surface area (Å²) < 4.78 is 0. The summed E-state index contributed by atoms with van der Waals surface area (Å²) in [6.45, 7) is 0.459. The Hall–Kier alpha value is -0.158. The molecule has 1 aromatic carbocycles. The molecule has 2 heteroatoms. The molecule has 0 aliphatic heterocycles. The Labute approximate surface area is 75.3 Å². The largest absolute Gasteiger partial charge is 2.00 e. The molecule has 0 aromatic heterocycles. The molecular weight excluding hydrogens is 217 g/mol. The van der Waals surface area contributed by atoms with Crippen LogP contribution in [0.3, 0.4) is 0 Å². The molecule has 0 fully saturated rings. The summed E-state index contributed by atoms with van der Waals surface area (Å²) in [7, 11) is 0. The third kappa shape index (κ3) is 3.12. The SMILES string of the molecule is [NH-]CCc1[c-]cccc1.[Pd+2]. The van der Waals surface area contributed by atoms with Crippen molar-refractivity contribution < 1.29 is 20.4 Å². The molecule has 56 valence electrons. The first-order valence-corrected chi connectivity index (χ1v) is 3.03. The molecule has 1 aromatic rings. The fourth-order valence-corrected chi connectivity index (χ4v) is 0.721. The monoisotopic (exact) mass is 225 g/mol. The number of hydrogen-bond donors (Lipinski definition) is 0. The molecule has 0 atom stereocenters. The molecule has 0 heterocycles. The van der Waals surface area contributed by atoms with Crippen molar-refractivity contribution in [1.29, 1.82) is 0 Å². The molecule has 0 spiro atoms. The first-order valence-electron chi connectivity index (χ1n) is 3.03. The quantitative estimate of drug-likeness (QED) is 0.544. The van der Waals surface area contributed by atoms with Gasteiger partial charge in [0.05, 0.1) is 0 Å². The Morgan fingerprint density at radius 3 is 2.70 bits per heavy atom. The van der Waals surface area contributed by atoms with Crippen LogP contribution in [-0.2, 0) is 26.8 Å². The maximum Gasteiger partial charge on any atom is 2.00 e. The van der Waals surface area contributed by atoms with Crippen molar-refractivity contribution in [2.24, 2.45) is 0 Å². The fourth-order valence-electron chi connectivity index (χ4n) is 0.721. The minimum absolute atomic E-state index is 0. The van der Waals surface area contributed by atoms with Crippen LogP contribution in [0.2, 0.25) is 0 Å². The van der Waals surface area contributed by atoms with E-state index in [2.05, 4.69) is 6.07 Å². The molecule has 0 amide bonds. The molecule has 1 nitrogen and oxygen atoms in total. The molecular formula is C8H9NPd. The number of nitrogens with one attached hydrogen (secondary N) is 1. The van der Waals surface area contributed by atoms with Gasteiger partial charge >= 0.3 is 20.4 Å². The zero-order valence-electron chi connectivity index (χ0n) is 5.54. The van der Waals surface area contributed by atoms with E-state index in [0.717, 1.165) is 12.0 Å². The van der Waals surface area contributed by atoms with Gasteiger partial charge in [-0.05, 0) is 0 Å². The fraction of sp³-hybridized carbons (Fsp3) is 0.250. The molecule has 10 heavy (non-hydrogen) atoms. The second-order valence-corrected chi connectivity index (χ2v) is 1.89. The minimum Gasteiger partial charge on any atom is -0.677 e. The Balaban J connectivity index is 0.000000810. The minimum atomic E-state index is 0. The predicted molar refractivity (Wildman–Crippen MR) is 38.2 cm³/mol. The zero-order chi connectivity index (χ0) is 6.53. The van der Waals surface area contributed by atoms with E-state index >= 15 is 0 Å². The maximum absolute atomic E-state index is 6.92. The number of benzene rings is 1. The van der Waals surface area contributed by atoms with Gasteiger partial charge in [0, 0.05) is 0 Å². The molecule has 0 saturated heterocycles. The third-order valence-electron chi connectivity index (χ3n) is 1.17. The summed E-state index contributed by atoms with van der Waals surface area (Å²) in [5.74, 6) is 0. The van der Waals surface area contributed by atoms with Crippen LogP contribution in [0.15, 0.2) is 24.3 Å². The average Bonchev–Trinajstić information content (AvgIpc) is 1.91. The van der Waals surface area contributed by atoms with Gasteiger partial charge in [0.1, 0.15) is 0 Å². The van der Waals surface area contributed by atoms with Gasteiger partial charge in [-0.25, -0.2) is 0 Å². The van der Waals surface area contributed by atoms with Crippen LogP contribution in [0, 0.1) is 6.07 Å². The van der Waals surface area contributed by atoms with Crippen molar-refractivity contribution >= 4 is 0 Å². The molecule has 0 aliphatic rings. The van der Waals surface area contributed by atoms with Crippen molar-refractivity contribution in [3.8, 4) is 0 Å². The molecule has 0 bridgehead atoms. The van der Waals surface area contributed by atoms with E-state index in [9.17, 15) is 0 Å². The van der Waals surface area contributed by atoms with Crippen molar-refractivity contribution in [3.63, 3.8) is 0 Å². The Morgan fingerprint density at radius 1 is 1.40 bits per heavy atom. The van der Waals surface area contributed by atoms with Gasteiger partial charge < -0.3 is 5.73 Å². The van der Waals surface area contributed by atoms with Gasteiger partial charge in [-0.3, -0.25) is 0 Å². The summed E-state index contributed by atoms with van der Waals surface area (Å²) in [6, 6.07) is 10.8. The second-order valence-electron chi connectivity index (χ2n) is 1.89. The molecule has 1 rings (SSSR count). The Morgan fingerprint density at radius 2 is 2.20 bits per heavy atom. The predicted octanol–water partition coefficient (Wildman–Crippen LogP) is 2.08. The summed E-state index contributed by atoms with van der Waals surface area (Å²) in [5.41, 5.74) is 8.05. The van der Waals surface area contributed by atoms with Gasteiger partial charge in [0.2, 0.25) is 0 Å². The van der Waals surface area contributed by atoms with Crippen molar-refractivity contribution in [3.05, 3.63) is 41.6 Å². The smallest absolute Gasteiger partial charge is 0.677 e. The van der Waals surface area contributed by atoms with Gasteiger partial charge in [-0.2, -0.15) is 35.9 Å². The molecule has 0 radical (unpaired) electrons. The van der Waals surface area contributed by atoms with Crippen molar-refractivity contribution in [1.82, 2.24) is 0 Å². The maximum atomic E-state index is 6.92. The summed E-state index contributed by atoms with van der Waals surface area (Å²) in [5, 5.41) is 0. The number of rotatable bonds is 2. The van der Waals surface area contributed by atoms with E-state index in [1.165, 1.54) is 0 Å². The first-order chi connectivity index (χ1) is 4.43.